The fraction of sp³-hybridized carbons (Fsp3) is 0.636. The standard InChI is InChI=1S/C11H17NO2S/c1-4-8-10(11(13)14)15-9(12-8)6-5-7(2)3/h7H,4-6H2,1-3H3,(H,13,14). The topological polar surface area (TPSA) is 50.2 Å². The van der Waals surface area contributed by atoms with Crippen molar-refractivity contribution >= 4 is 17.3 Å². The molecule has 0 aliphatic rings. The van der Waals surface area contributed by atoms with Crippen LogP contribution in [0.15, 0.2) is 0 Å². The molecule has 0 amide bonds. The molecule has 0 bridgehead atoms. The molecule has 0 saturated carbocycles. The van der Waals surface area contributed by atoms with Crippen molar-refractivity contribution in [2.24, 2.45) is 5.92 Å². The van der Waals surface area contributed by atoms with Crippen LogP contribution in [-0.2, 0) is 12.8 Å². The summed E-state index contributed by atoms with van der Waals surface area (Å²) in [6.45, 7) is 6.26. The summed E-state index contributed by atoms with van der Waals surface area (Å²) >= 11 is 1.32. The average molecular weight is 227 g/mol. The maximum Gasteiger partial charge on any atom is 0.347 e. The van der Waals surface area contributed by atoms with Gasteiger partial charge in [-0.15, -0.1) is 11.3 Å². The van der Waals surface area contributed by atoms with E-state index in [-0.39, 0.29) is 0 Å². The quantitative estimate of drug-likeness (QED) is 0.841. The summed E-state index contributed by atoms with van der Waals surface area (Å²) < 4.78 is 0. The van der Waals surface area contributed by atoms with E-state index in [2.05, 4.69) is 18.8 Å². The monoisotopic (exact) mass is 227 g/mol. The maximum absolute atomic E-state index is 10.9. The van der Waals surface area contributed by atoms with Crippen molar-refractivity contribution < 1.29 is 9.90 Å². The van der Waals surface area contributed by atoms with Gasteiger partial charge in [-0.2, -0.15) is 0 Å². The van der Waals surface area contributed by atoms with Gasteiger partial charge in [0.25, 0.3) is 0 Å². The van der Waals surface area contributed by atoms with Gasteiger partial charge in [0.2, 0.25) is 0 Å². The lowest BCUT2D eigenvalue weighted by atomic mass is 10.1. The maximum atomic E-state index is 10.9. The lowest BCUT2D eigenvalue weighted by molar-refractivity contribution is 0.0701. The van der Waals surface area contributed by atoms with Crippen molar-refractivity contribution in [1.82, 2.24) is 4.98 Å². The molecule has 3 nitrogen and oxygen atoms in total. The molecule has 0 aromatic carbocycles. The molecule has 0 saturated heterocycles. The molecule has 1 heterocycles. The van der Waals surface area contributed by atoms with Crippen LogP contribution in [0.1, 0.15) is 47.6 Å². The summed E-state index contributed by atoms with van der Waals surface area (Å²) in [4.78, 5) is 15.7. The summed E-state index contributed by atoms with van der Waals surface area (Å²) in [6.07, 6.45) is 2.65. The molecule has 1 aromatic heterocycles. The van der Waals surface area contributed by atoms with Crippen LogP contribution in [0.4, 0.5) is 0 Å². The van der Waals surface area contributed by atoms with Gasteiger partial charge >= 0.3 is 5.97 Å². The summed E-state index contributed by atoms with van der Waals surface area (Å²) in [5, 5.41) is 9.91. The molecule has 0 aliphatic carbocycles. The number of thiazole rings is 1. The Balaban J connectivity index is 2.78. The second-order valence-corrected chi connectivity index (χ2v) is 5.06. The van der Waals surface area contributed by atoms with Gasteiger partial charge in [-0.1, -0.05) is 20.8 Å². The lowest BCUT2D eigenvalue weighted by Crippen LogP contribution is -1.97. The second kappa shape index (κ2) is 5.26. The molecule has 0 radical (unpaired) electrons. The Morgan fingerprint density at radius 1 is 1.53 bits per heavy atom. The van der Waals surface area contributed by atoms with Gasteiger partial charge in [0.15, 0.2) is 0 Å². The van der Waals surface area contributed by atoms with Gasteiger partial charge in [0.1, 0.15) is 4.88 Å². The van der Waals surface area contributed by atoms with Gasteiger partial charge in [0, 0.05) is 0 Å². The Labute approximate surface area is 94.2 Å². The number of hydrogen-bond donors (Lipinski definition) is 1. The van der Waals surface area contributed by atoms with Crippen LogP contribution < -0.4 is 0 Å². The normalized spacial score (nSPS) is 10.9. The molecular formula is C11H17NO2S. The average Bonchev–Trinajstić information content (AvgIpc) is 2.57. The Kier molecular flexibility index (Phi) is 4.27. The van der Waals surface area contributed by atoms with E-state index in [1.807, 2.05) is 6.92 Å². The van der Waals surface area contributed by atoms with E-state index < -0.39 is 5.97 Å². The molecule has 0 unspecified atom stereocenters. The number of hydrogen-bond acceptors (Lipinski definition) is 3. The van der Waals surface area contributed by atoms with Crippen molar-refractivity contribution in [3.8, 4) is 0 Å². The molecule has 0 aliphatic heterocycles. The lowest BCUT2D eigenvalue weighted by Gasteiger charge is -1.99. The van der Waals surface area contributed by atoms with E-state index in [0.29, 0.717) is 17.2 Å². The molecule has 15 heavy (non-hydrogen) atoms. The molecule has 84 valence electrons. The summed E-state index contributed by atoms with van der Waals surface area (Å²) in [6, 6.07) is 0. The van der Waals surface area contributed by atoms with Gasteiger partial charge in [-0.05, 0) is 25.2 Å². The van der Waals surface area contributed by atoms with Gasteiger partial charge in [-0.3, -0.25) is 0 Å². The zero-order valence-electron chi connectivity index (χ0n) is 9.41. The minimum atomic E-state index is -0.847. The van der Waals surface area contributed by atoms with Crippen molar-refractivity contribution in [3.05, 3.63) is 15.6 Å². The third kappa shape index (κ3) is 3.30. The second-order valence-electron chi connectivity index (χ2n) is 3.97. The van der Waals surface area contributed by atoms with Crippen LogP contribution >= 0.6 is 11.3 Å². The highest BCUT2D eigenvalue weighted by Gasteiger charge is 2.15. The Morgan fingerprint density at radius 2 is 2.20 bits per heavy atom. The number of rotatable bonds is 5. The highest BCUT2D eigenvalue weighted by Crippen LogP contribution is 2.21. The smallest absolute Gasteiger partial charge is 0.347 e. The predicted octanol–water partition coefficient (Wildman–Crippen LogP) is 2.99. The zero-order valence-corrected chi connectivity index (χ0v) is 10.2. The summed E-state index contributed by atoms with van der Waals surface area (Å²) in [7, 11) is 0. The highest BCUT2D eigenvalue weighted by atomic mass is 32.1. The van der Waals surface area contributed by atoms with Crippen molar-refractivity contribution in [2.45, 2.75) is 40.0 Å². The van der Waals surface area contributed by atoms with Crippen molar-refractivity contribution in [2.75, 3.05) is 0 Å². The number of carbonyl (C=O) groups is 1. The van der Waals surface area contributed by atoms with Crippen LogP contribution in [0.25, 0.3) is 0 Å². The number of aromatic nitrogens is 1. The Hall–Kier alpha value is -0.900. The third-order valence-electron chi connectivity index (χ3n) is 2.21. The van der Waals surface area contributed by atoms with Crippen molar-refractivity contribution in [3.63, 3.8) is 0 Å². The molecule has 0 fully saturated rings. The fourth-order valence-corrected chi connectivity index (χ4v) is 2.33. The van der Waals surface area contributed by atoms with Crippen LogP contribution in [0.2, 0.25) is 0 Å². The Morgan fingerprint density at radius 3 is 2.60 bits per heavy atom. The first-order valence-electron chi connectivity index (χ1n) is 5.26. The van der Waals surface area contributed by atoms with Crippen LogP contribution in [0.3, 0.4) is 0 Å². The van der Waals surface area contributed by atoms with E-state index in [1.165, 1.54) is 11.3 Å². The number of aryl methyl sites for hydroxylation is 2. The van der Waals surface area contributed by atoms with Gasteiger partial charge < -0.3 is 5.11 Å². The van der Waals surface area contributed by atoms with Crippen molar-refractivity contribution in [1.29, 1.82) is 0 Å². The van der Waals surface area contributed by atoms with Gasteiger partial charge in [0.05, 0.1) is 10.7 Å². The third-order valence-corrected chi connectivity index (χ3v) is 3.35. The number of carboxylic acids is 1. The molecule has 1 rings (SSSR count). The van der Waals surface area contributed by atoms with E-state index in [4.69, 9.17) is 5.11 Å². The molecule has 4 heteroatoms. The molecule has 1 N–H and O–H groups in total. The number of aromatic carboxylic acids is 1. The van der Waals surface area contributed by atoms with E-state index in [9.17, 15) is 4.79 Å². The molecule has 0 spiro atoms. The largest absolute Gasteiger partial charge is 0.477 e. The summed E-state index contributed by atoms with van der Waals surface area (Å²) in [5.41, 5.74) is 0.728. The van der Waals surface area contributed by atoms with Crippen LogP contribution in [0.5, 0.6) is 0 Å². The van der Waals surface area contributed by atoms with Gasteiger partial charge in [-0.25, -0.2) is 9.78 Å². The summed E-state index contributed by atoms with van der Waals surface area (Å²) in [5.74, 6) is -0.215. The van der Waals surface area contributed by atoms with E-state index in [1.54, 1.807) is 0 Å². The van der Waals surface area contributed by atoms with E-state index in [0.717, 1.165) is 23.5 Å². The first-order chi connectivity index (χ1) is 7.04. The highest BCUT2D eigenvalue weighted by molar-refractivity contribution is 7.13. The minimum Gasteiger partial charge on any atom is -0.477 e. The number of carboxylic acid groups (broad SMARTS) is 1. The van der Waals surface area contributed by atoms with Crippen LogP contribution in [-0.4, -0.2) is 16.1 Å². The zero-order chi connectivity index (χ0) is 11.4. The predicted molar refractivity (Wildman–Crippen MR) is 61.6 cm³/mol. The number of nitrogens with zero attached hydrogens (tertiary/aromatic N) is 1. The van der Waals surface area contributed by atoms with E-state index >= 15 is 0 Å². The van der Waals surface area contributed by atoms with Crippen LogP contribution in [0, 0.1) is 5.92 Å². The molecule has 0 atom stereocenters. The molecule has 1 aromatic rings. The minimum absolute atomic E-state index is 0.413. The molecular weight excluding hydrogens is 210 g/mol. The Bertz CT molecular complexity index is 344. The first kappa shape index (κ1) is 12.2. The SMILES string of the molecule is CCc1nc(CCC(C)C)sc1C(=O)O. The fourth-order valence-electron chi connectivity index (χ4n) is 1.33. The first-order valence-corrected chi connectivity index (χ1v) is 6.08.